The van der Waals surface area contributed by atoms with Crippen LogP contribution in [0.4, 0.5) is 4.39 Å². The fourth-order valence-corrected chi connectivity index (χ4v) is 3.70. The Hall–Kier alpha value is -1.02. The van der Waals surface area contributed by atoms with E-state index in [1.54, 1.807) is 19.1 Å². The molecule has 1 heterocycles. The van der Waals surface area contributed by atoms with E-state index < -0.39 is 16.1 Å². The summed E-state index contributed by atoms with van der Waals surface area (Å²) in [6.07, 6.45) is -0.711. The third-order valence-corrected chi connectivity index (χ3v) is 5.71. The lowest BCUT2D eigenvalue weighted by Gasteiger charge is -2.26. The van der Waals surface area contributed by atoms with Gasteiger partial charge >= 0.3 is 0 Å². The van der Waals surface area contributed by atoms with Crippen molar-refractivity contribution in [3.8, 4) is 0 Å². The minimum Gasteiger partial charge on any atom is -0.390 e. The van der Waals surface area contributed by atoms with E-state index in [9.17, 15) is 17.9 Å². The number of sulfonamides is 1. The molecule has 0 amide bonds. The van der Waals surface area contributed by atoms with Crippen molar-refractivity contribution in [2.45, 2.75) is 25.6 Å². The number of likely N-dealkylation sites (N-methyl/N-ethyl adjacent to an activating group) is 1. The summed E-state index contributed by atoms with van der Waals surface area (Å²) in [6, 6.07) is 5.91. The number of hydrogen-bond donors (Lipinski definition) is 1. The number of nitrogens with zero attached hydrogens (tertiary/aromatic N) is 2. The van der Waals surface area contributed by atoms with Gasteiger partial charge in [-0.1, -0.05) is 12.1 Å². The van der Waals surface area contributed by atoms with E-state index in [-0.39, 0.29) is 30.7 Å². The number of hydrogen-bond acceptors (Lipinski definition) is 4. The van der Waals surface area contributed by atoms with Crippen LogP contribution < -0.4 is 0 Å². The summed E-state index contributed by atoms with van der Waals surface area (Å²) in [5, 5.41) is 10.1. The third-order valence-electron chi connectivity index (χ3n) is 3.90. The van der Waals surface area contributed by atoms with Gasteiger partial charge in [0.15, 0.2) is 0 Å². The first kappa shape index (κ1) is 16.4. The summed E-state index contributed by atoms with van der Waals surface area (Å²) in [5.74, 6) is -0.254. The molecule has 1 N–H and O–H groups in total. The van der Waals surface area contributed by atoms with Gasteiger partial charge in [0.05, 0.1) is 17.9 Å². The van der Waals surface area contributed by atoms with E-state index in [1.165, 1.54) is 16.4 Å². The van der Waals surface area contributed by atoms with Crippen molar-refractivity contribution < 1.29 is 17.9 Å². The van der Waals surface area contributed by atoms with Gasteiger partial charge in [0.2, 0.25) is 10.0 Å². The van der Waals surface area contributed by atoms with E-state index in [4.69, 9.17) is 0 Å². The molecule has 0 saturated carbocycles. The van der Waals surface area contributed by atoms with E-state index >= 15 is 0 Å². The molecule has 1 aromatic carbocycles. The maximum Gasteiger partial charge on any atom is 0.213 e. The van der Waals surface area contributed by atoms with Crippen molar-refractivity contribution in [1.29, 1.82) is 0 Å². The summed E-state index contributed by atoms with van der Waals surface area (Å²) in [7, 11) is -1.45. The van der Waals surface area contributed by atoms with Crippen LogP contribution in [-0.4, -0.2) is 60.8 Å². The Kier molecular flexibility index (Phi) is 4.98. The Morgan fingerprint density at radius 1 is 1.33 bits per heavy atom. The molecule has 1 fully saturated rings. The van der Waals surface area contributed by atoms with Crippen molar-refractivity contribution in [2.24, 2.45) is 0 Å². The molecule has 0 aliphatic carbocycles. The summed E-state index contributed by atoms with van der Waals surface area (Å²) in [5.41, 5.74) is 0.919. The summed E-state index contributed by atoms with van der Waals surface area (Å²) >= 11 is 0. The van der Waals surface area contributed by atoms with E-state index in [2.05, 4.69) is 0 Å². The molecule has 1 saturated heterocycles. The molecular weight excluding hydrogens is 295 g/mol. The standard InChI is InChI=1S/C14H21FN2O3S/c1-3-21(19,20)17-9-13(14(18)10-17)16(2)8-11-4-6-12(15)7-5-11/h4-7,13-14,18H,3,8-10H2,1-2H3/t13-,14-/m1/s1. The van der Waals surface area contributed by atoms with Gasteiger partial charge in [0, 0.05) is 19.6 Å². The van der Waals surface area contributed by atoms with Crippen LogP contribution in [0, 0.1) is 5.82 Å². The van der Waals surface area contributed by atoms with Gasteiger partial charge in [-0.3, -0.25) is 4.90 Å². The first-order valence-corrected chi connectivity index (χ1v) is 8.55. The molecule has 0 bridgehead atoms. The highest BCUT2D eigenvalue weighted by Crippen LogP contribution is 2.20. The summed E-state index contributed by atoms with van der Waals surface area (Å²) < 4.78 is 37.9. The molecule has 1 aromatic rings. The van der Waals surface area contributed by atoms with Crippen molar-refractivity contribution in [3.63, 3.8) is 0 Å². The molecular formula is C14H21FN2O3S. The Balaban J connectivity index is 2.03. The van der Waals surface area contributed by atoms with Crippen molar-refractivity contribution in [3.05, 3.63) is 35.6 Å². The minimum atomic E-state index is -3.28. The van der Waals surface area contributed by atoms with Crippen LogP contribution in [0.15, 0.2) is 24.3 Å². The maximum absolute atomic E-state index is 12.9. The van der Waals surface area contributed by atoms with Gasteiger partial charge < -0.3 is 5.11 Å². The monoisotopic (exact) mass is 316 g/mol. The Morgan fingerprint density at radius 3 is 2.52 bits per heavy atom. The van der Waals surface area contributed by atoms with Crippen LogP contribution in [0.2, 0.25) is 0 Å². The number of aliphatic hydroxyl groups is 1. The molecule has 21 heavy (non-hydrogen) atoms. The SMILES string of the molecule is CCS(=O)(=O)N1C[C@@H](O)[C@H](N(C)Cc2ccc(F)cc2)C1. The number of aliphatic hydroxyl groups excluding tert-OH is 1. The predicted octanol–water partition coefficient (Wildman–Crippen LogP) is 0.652. The highest BCUT2D eigenvalue weighted by molar-refractivity contribution is 7.89. The number of benzene rings is 1. The zero-order chi connectivity index (χ0) is 15.6. The number of β-amino-alcohol motifs (C(OH)–C–C–N with tert-alkyl or cyclic N) is 1. The predicted molar refractivity (Wildman–Crippen MR) is 78.7 cm³/mol. The Bertz CT molecular complexity index is 576. The van der Waals surface area contributed by atoms with Crippen LogP contribution in [-0.2, 0) is 16.6 Å². The first-order valence-electron chi connectivity index (χ1n) is 6.94. The second kappa shape index (κ2) is 6.39. The molecule has 0 aromatic heterocycles. The zero-order valence-corrected chi connectivity index (χ0v) is 13.1. The van der Waals surface area contributed by atoms with Crippen LogP contribution in [0.25, 0.3) is 0 Å². The molecule has 1 aliphatic heterocycles. The third kappa shape index (κ3) is 3.79. The highest BCUT2D eigenvalue weighted by Gasteiger charge is 2.38. The smallest absolute Gasteiger partial charge is 0.213 e. The lowest BCUT2D eigenvalue weighted by atomic mass is 10.1. The van der Waals surface area contributed by atoms with Crippen LogP contribution in [0.1, 0.15) is 12.5 Å². The van der Waals surface area contributed by atoms with E-state index in [0.717, 1.165) is 5.56 Å². The number of halogens is 1. The molecule has 0 unspecified atom stereocenters. The maximum atomic E-state index is 12.9. The van der Waals surface area contributed by atoms with Gasteiger partial charge in [-0.15, -0.1) is 0 Å². The quantitative estimate of drug-likeness (QED) is 0.866. The second-order valence-corrected chi connectivity index (χ2v) is 7.65. The molecule has 118 valence electrons. The summed E-state index contributed by atoms with van der Waals surface area (Å²) in [6.45, 7) is 2.54. The van der Waals surface area contributed by atoms with Gasteiger partial charge in [0.25, 0.3) is 0 Å². The molecule has 0 spiro atoms. The van der Waals surface area contributed by atoms with Crippen molar-refractivity contribution in [2.75, 3.05) is 25.9 Å². The molecule has 0 radical (unpaired) electrons. The average molecular weight is 316 g/mol. The molecule has 1 aliphatic rings. The Morgan fingerprint density at radius 2 is 1.95 bits per heavy atom. The van der Waals surface area contributed by atoms with E-state index in [0.29, 0.717) is 6.54 Å². The van der Waals surface area contributed by atoms with Gasteiger partial charge in [-0.05, 0) is 31.7 Å². The topological polar surface area (TPSA) is 60.9 Å². The average Bonchev–Trinajstić information content (AvgIpc) is 2.84. The molecule has 2 atom stereocenters. The summed E-state index contributed by atoms with van der Waals surface area (Å²) in [4.78, 5) is 1.91. The van der Waals surface area contributed by atoms with Crippen LogP contribution in [0.5, 0.6) is 0 Å². The van der Waals surface area contributed by atoms with Gasteiger partial charge in [0.1, 0.15) is 5.82 Å². The normalized spacial score (nSPS) is 23.9. The lowest BCUT2D eigenvalue weighted by Crippen LogP contribution is -2.40. The minimum absolute atomic E-state index is 0.0358. The van der Waals surface area contributed by atoms with Crippen molar-refractivity contribution in [1.82, 2.24) is 9.21 Å². The first-order chi connectivity index (χ1) is 9.83. The van der Waals surface area contributed by atoms with Crippen LogP contribution in [0.3, 0.4) is 0 Å². The van der Waals surface area contributed by atoms with Gasteiger partial charge in [-0.2, -0.15) is 4.31 Å². The van der Waals surface area contributed by atoms with Gasteiger partial charge in [-0.25, -0.2) is 12.8 Å². The largest absolute Gasteiger partial charge is 0.390 e. The lowest BCUT2D eigenvalue weighted by molar-refractivity contribution is 0.0953. The van der Waals surface area contributed by atoms with Crippen LogP contribution >= 0.6 is 0 Å². The number of rotatable bonds is 5. The highest BCUT2D eigenvalue weighted by atomic mass is 32.2. The molecule has 7 heteroatoms. The Labute approximate surface area is 125 Å². The molecule has 5 nitrogen and oxygen atoms in total. The van der Waals surface area contributed by atoms with E-state index in [1.807, 2.05) is 11.9 Å². The molecule has 2 rings (SSSR count). The fourth-order valence-electron chi connectivity index (χ4n) is 2.57. The second-order valence-electron chi connectivity index (χ2n) is 5.39. The zero-order valence-electron chi connectivity index (χ0n) is 12.2. The fraction of sp³-hybridized carbons (Fsp3) is 0.571. The van der Waals surface area contributed by atoms with Crippen molar-refractivity contribution >= 4 is 10.0 Å².